The smallest absolute Gasteiger partial charge is 0.289 e. The van der Waals surface area contributed by atoms with E-state index in [4.69, 9.17) is 23.2 Å². The summed E-state index contributed by atoms with van der Waals surface area (Å²) in [5, 5.41) is -1.36. The number of nitrogens with zero attached hydrogens (tertiary/aromatic N) is 2. The quantitative estimate of drug-likeness (QED) is 0.630. The van der Waals surface area contributed by atoms with Crippen LogP contribution >= 0.6 is 50.7 Å². The molecule has 4 nitrogen and oxygen atoms in total. The van der Waals surface area contributed by atoms with Gasteiger partial charge in [0, 0.05) is 0 Å². The monoisotopic (exact) mass is 456 g/mol. The molecule has 120 valence electrons. The second-order valence-electron chi connectivity index (χ2n) is 3.88. The fraction of sp³-hybridized carbons (Fsp3) is 0.100. The van der Waals surface area contributed by atoms with Gasteiger partial charge >= 0.3 is 4.71 Å². The molecule has 0 atom stereocenters. The maximum absolute atomic E-state index is 13.2. The summed E-state index contributed by atoms with van der Waals surface area (Å²) >= 11 is 19.1. The van der Waals surface area contributed by atoms with Crippen LogP contribution in [0.4, 0.5) is 13.2 Å². The van der Waals surface area contributed by atoms with E-state index in [1.165, 1.54) is 0 Å². The summed E-state index contributed by atoms with van der Waals surface area (Å²) in [4.78, 5) is 3.39. The zero-order valence-electron chi connectivity index (χ0n) is 10.00. The molecule has 2 aromatic rings. The van der Waals surface area contributed by atoms with Gasteiger partial charge in [0.15, 0.2) is 5.03 Å². The molecule has 1 heterocycles. The Hall–Kier alpha value is -0.480. The first-order valence-corrected chi connectivity index (χ1v) is 8.57. The third kappa shape index (κ3) is 2.96. The van der Waals surface area contributed by atoms with Crippen molar-refractivity contribution in [2.75, 3.05) is 0 Å². The number of halogens is 7. The first-order valence-electron chi connectivity index (χ1n) is 5.16. The zero-order chi connectivity index (χ0) is 16.9. The minimum Gasteiger partial charge on any atom is -0.289 e. The fourth-order valence-electron chi connectivity index (χ4n) is 1.53. The lowest BCUT2D eigenvalue weighted by Crippen LogP contribution is -2.22. The number of hydrogen-bond acceptors (Lipinski definition) is 3. The highest BCUT2D eigenvalue weighted by Gasteiger charge is 2.47. The van der Waals surface area contributed by atoms with E-state index >= 15 is 0 Å². The Morgan fingerprint density at radius 3 is 2.18 bits per heavy atom. The Morgan fingerprint density at radius 1 is 1.23 bits per heavy atom. The summed E-state index contributed by atoms with van der Waals surface area (Å²) < 4.78 is 58.4. The van der Waals surface area contributed by atoms with Gasteiger partial charge in [-0.1, -0.05) is 23.2 Å². The molecule has 0 N–H and O–H groups in total. The van der Waals surface area contributed by atoms with Gasteiger partial charge in [-0.2, -0.15) is 8.78 Å². The van der Waals surface area contributed by atoms with Crippen LogP contribution in [0.15, 0.2) is 28.1 Å². The molecule has 22 heavy (non-hydrogen) atoms. The normalized spacial score (nSPS) is 12.7. The van der Waals surface area contributed by atoms with E-state index in [0.717, 1.165) is 23.0 Å². The van der Waals surface area contributed by atoms with Gasteiger partial charge in [-0.05, 0) is 39.7 Å². The van der Waals surface area contributed by atoms with Gasteiger partial charge in [-0.25, -0.2) is 17.8 Å². The number of alkyl halides is 3. The van der Waals surface area contributed by atoms with Crippen LogP contribution < -0.4 is 0 Å². The molecule has 0 aliphatic rings. The number of sulfone groups is 1. The largest absolute Gasteiger partial charge is 0.428 e. The van der Waals surface area contributed by atoms with E-state index < -0.39 is 25.4 Å². The molecule has 0 aliphatic carbocycles. The number of aromatic nitrogens is 2. The van der Waals surface area contributed by atoms with Crippen molar-refractivity contribution in [1.29, 1.82) is 0 Å². The summed E-state index contributed by atoms with van der Waals surface area (Å²) in [5.41, 5.74) is -0.0385. The third-order valence-corrected chi connectivity index (χ3v) is 6.08. The highest BCUT2D eigenvalue weighted by atomic mass is 79.9. The van der Waals surface area contributed by atoms with Gasteiger partial charge in [0.05, 0.1) is 15.7 Å². The Labute approximate surface area is 145 Å². The second-order valence-corrected chi connectivity index (χ2v) is 8.05. The van der Waals surface area contributed by atoms with Crippen molar-refractivity contribution >= 4 is 60.6 Å². The summed E-state index contributed by atoms with van der Waals surface area (Å²) in [5.74, 6) is -0.727. The van der Waals surface area contributed by atoms with Gasteiger partial charge in [0.25, 0.3) is 9.84 Å². The molecule has 0 radical (unpaired) electrons. The van der Waals surface area contributed by atoms with E-state index in [-0.39, 0.29) is 20.3 Å². The molecule has 0 bridgehead atoms. The van der Waals surface area contributed by atoms with Gasteiger partial charge in [-0.3, -0.25) is 4.57 Å². The van der Waals surface area contributed by atoms with Crippen LogP contribution in [0.2, 0.25) is 10.0 Å². The average molecular weight is 458 g/mol. The average Bonchev–Trinajstić information content (AvgIpc) is 2.69. The number of rotatable bonds is 3. The topological polar surface area (TPSA) is 52.0 Å². The lowest BCUT2D eigenvalue weighted by molar-refractivity contribution is 0.186. The first-order chi connectivity index (χ1) is 9.96. The molecule has 1 aromatic carbocycles. The highest BCUT2D eigenvalue weighted by Crippen LogP contribution is 2.38. The maximum Gasteiger partial charge on any atom is 0.428 e. The van der Waals surface area contributed by atoms with Crippen LogP contribution in [0.1, 0.15) is 0 Å². The first kappa shape index (κ1) is 17.9. The van der Waals surface area contributed by atoms with Crippen molar-refractivity contribution in [3.05, 3.63) is 38.9 Å². The molecular formula is C10H3BrCl3F3N2O2S. The minimum absolute atomic E-state index is 0.0385. The van der Waals surface area contributed by atoms with Crippen LogP contribution in [0, 0.1) is 5.82 Å². The van der Waals surface area contributed by atoms with E-state index in [0.29, 0.717) is 0 Å². The van der Waals surface area contributed by atoms with E-state index in [9.17, 15) is 21.6 Å². The molecule has 0 spiro atoms. The Kier molecular flexibility index (Phi) is 4.76. The van der Waals surface area contributed by atoms with Crippen LogP contribution in [0.3, 0.4) is 0 Å². The lowest BCUT2D eigenvalue weighted by Gasteiger charge is -2.11. The van der Waals surface area contributed by atoms with Gasteiger partial charge in [0.2, 0.25) is 0 Å². The number of imidazole rings is 1. The fourth-order valence-corrected chi connectivity index (χ4v) is 4.13. The van der Waals surface area contributed by atoms with Gasteiger partial charge in [0.1, 0.15) is 16.7 Å². The van der Waals surface area contributed by atoms with E-state index in [1.807, 2.05) is 0 Å². The summed E-state index contributed by atoms with van der Waals surface area (Å²) in [7, 11) is -5.24. The molecule has 0 saturated carbocycles. The standard InChI is InChI=1S/C10H3BrCl3F3N2O2S/c11-8-9(22(20,21)10(14,16)17)18-3-19(8)7-5(12)1-4(15)2-6(7)13/h1-3H. The third-order valence-electron chi connectivity index (χ3n) is 2.46. The molecule has 0 saturated heterocycles. The van der Waals surface area contributed by atoms with Crippen molar-refractivity contribution in [3.63, 3.8) is 0 Å². The van der Waals surface area contributed by atoms with Crippen LogP contribution in [0.5, 0.6) is 0 Å². The molecule has 1 aromatic heterocycles. The molecule has 2 rings (SSSR count). The second kappa shape index (κ2) is 5.86. The zero-order valence-corrected chi connectivity index (χ0v) is 14.7. The minimum atomic E-state index is -5.24. The summed E-state index contributed by atoms with van der Waals surface area (Å²) in [6, 6.07) is 1.83. The molecule has 12 heteroatoms. The SMILES string of the molecule is O=S(=O)(c1ncn(-c2c(Cl)cc(F)cc2Cl)c1Br)C(F)(F)Cl. The molecule has 0 fully saturated rings. The Bertz CT molecular complexity index is 829. The van der Waals surface area contributed by atoms with Crippen LogP contribution in [-0.2, 0) is 9.84 Å². The van der Waals surface area contributed by atoms with Crippen molar-refractivity contribution in [3.8, 4) is 5.69 Å². The van der Waals surface area contributed by atoms with Gasteiger partial charge < -0.3 is 0 Å². The lowest BCUT2D eigenvalue weighted by atomic mass is 10.3. The molecular weight excluding hydrogens is 455 g/mol. The van der Waals surface area contributed by atoms with Crippen molar-refractivity contribution in [1.82, 2.24) is 9.55 Å². The molecule has 0 unspecified atom stereocenters. The number of hydrogen-bond donors (Lipinski definition) is 0. The van der Waals surface area contributed by atoms with E-state index in [1.54, 1.807) is 0 Å². The van der Waals surface area contributed by atoms with E-state index in [2.05, 4.69) is 32.5 Å². The van der Waals surface area contributed by atoms with Crippen LogP contribution in [0.25, 0.3) is 5.69 Å². The Morgan fingerprint density at radius 2 is 1.73 bits per heavy atom. The summed E-state index contributed by atoms with van der Waals surface area (Å²) in [6.45, 7) is 0. The predicted molar refractivity (Wildman–Crippen MR) is 79.2 cm³/mol. The molecule has 0 aliphatic heterocycles. The summed E-state index contributed by atoms with van der Waals surface area (Å²) in [6.07, 6.45) is 0.880. The molecule has 0 amide bonds. The Balaban J connectivity index is 2.69. The van der Waals surface area contributed by atoms with Crippen molar-refractivity contribution in [2.45, 2.75) is 9.74 Å². The van der Waals surface area contributed by atoms with Crippen molar-refractivity contribution in [2.24, 2.45) is 0 Å². The highest BCUT2D eigenvalue weighted by molar-refractivity contribution is 9.10. The maximum atomic E-state index is 13.2. The number of benzene rings is 1. The van der Waals surface area contributed by atoms with Crippen molar-refractivity contribution < 1.29 is 21.6 Å². The van der Waals surface area contributed by atoms with Gasteiger partial charge in [-0.15, -0.1) is 0 Å². The van der Waals surface area contributed by atoms with Crippen LogP contribution in [-0.4, -0.2) is 22.7 Å². The predicted octanol–water partition coefficient (Wildman–Crippen LogP) is 4.64.